The Morgan fingerprint density at radius 3 is 2.29 bits per heavy atom. The van der Waals surface area contributed by atoms with E-state index < -0.39 is 20.6 Å². The summed E-state index contributed by atoms with van der Waals surface area (Å²) in [6.45, 7) is 3.09. The van der Waals surface area contributed by atoms with Crippen molar-refractivity contribution in [1.82, 2.24) is 9.21 Å². The molecule has 0 N–H and O–H groups in total. The first-order valence-corrected chi connectivity index (χ1v) is 11.3. The van der Waals surface area contributed by atoms with Crippen LogP contribution in [0.15, 0.2) is 29.2 Å². The maximum absolute atomic E-state index is 12.8. The predicted octanol–water partition coefficient (Wildman–Crippen LogP) is 3.18. The molecule has 0 bridgehead atoms. The van der Waals surface area contributed by atoms with E-state index in [-0.39, 0.29) is 23.9 Å². The molecular formula is C19H29N3O5S. The highest BCUT2D eigenvalue weighted by Gasteiger charge is 2.34. The molecule has 0 radical (unpaired) electrons. The number of hydrogen-bond acceptors (Lipinski definition) is 5. The summed E-state index contributed by atoms with van der Waals surface area (Å²) < 4.78 is 26.8. The van der Waals surface area contributed by atoms with Gasteiger partial charge in [0.05, 0.1) is 4.92 Å². The molecule has 2 rings (SSSR count). The van der Waals surface area contributed by atoms with Gasteiger partial charge >= 0.3 is 0 Å². The lowest BCUT2D eigenvalue weighted by atomic mass is 10.1. The van der Waals surface area contributed by atoms with Crippen LogP contribution in [0.2, 0.25) is 0 Å². The molecule has 156 valence electrons. The van der Waals surface area contributed by atoms with Gasteiger partial charge in [0.1, 0.15) is 0 Å². The van der Waals surface area contributed by atoms with Crippen LogP contribution in [0.3, 0.4) is 0 Å². The number of carbonyl (C=O) groups excluding carboxylic acids is 1. The standard InChI is InChI=1S/C19H29N3O5S/c1-2-3-4-5-6-7-12-19(23)20-13-15-21(16-14-20)28(26,27)18-11-9-8-10-17(18)22(24)25/h8-11H,2-7,12-16H2,1H3. The summed E-state index contributed by atoms with van der Waals surface area (Å²) in [5, 5.41) is 11.1. The fourth-order valence-electron chi connectivity index (χ4n) is 3.36. The number of piperazine rings is 1. The topological polar surface area (TPSA) is 101 Å². The molecule has 1 aromatic rings. The number of amides is 1. The largest absolute Gasteiger partial charge is 0.340 e. The summed E-state index contributed by atoms with van der Waals surface area (Å²) in [4.78, 5) is 24.2. The SMILES string of the molecule is CCCCCCCCC(=O)N1CCN(S(=O)(=O)c2ccccc2[N+](=O)[O-])CC1. The number of carbonyl (C=O) groups is 1. The van der Waals surface area contributed by atoms with Crippen LogP contribution < -0.4 is 0 Å². The Bertz CT molecular complexity index is 774. The van der Waals surface area contributed by atoms with E-state index in [9.17, 15) is 23.3 Å². The first-order chi connectivity index (χ1) is 13.4. The van der Waals surface area contributed by atoms with E-state index in [2.05, 4.69) is 6.92 Å². The molecule has 1 aliphatic heterocycles. The summed E-state index contributed by atoms with van der Waals surface area (Å²) in [5.74, 6) is 0.0539. The molecular weight excluding hydrogens is 382 g/mol. The second-order valence-electron chi connectivity index (χ2n) is 7.03. The molecule has 1 saturated heterocycles. The van der Waals surface area contributed by atoms with E-state index in [0.717, 1.165) is 19.3 Å². The fourth-order valence-corrected chi connectivity index (χ4v) is 4.94. The predicted molar refractivity (Wildman–Crippen MR) is 106 cm³/mol. The molecule has 0 spiro atoms. The van der Waals surface area contributed by atoms with Crippen molar-refractivity contribution in [3.8, 4) is 0 Å². The monoisotopic (exact) mass is 411 g/mol. The smallest absolute Gasteiger partial charge is 0.289 e. The lowest BCUT2D eigenvalue weighted by Crippen LogP contribution is -2.50. The molecule has 0 aliphatic carbocycles. The molecule has 8 nitrogen and oxygen atoms in total. The molecule has 28 heavy (non-hydrogen) atoms. The van der Waals surface area contributed by atoms with Gasteiger partial charge in [0.25, 0.3) is 5.69 Å². The average Bonchev–Trinajstić information content (AvgIpc) is 2.70. The third-order valence-corrected chi connectivity index (χ3v) is 6.96. The number of para-hydroxylation sites is 1. The van der Waals surface area contributed by atoms with Crippen LogP contribution in [0.25, 0.3) is 0 Å². The van der Waals surface area contributed by atoms with Gasteiger partial charge in [-0.25, -0.2) is 8.42 Å². The van der Waals surface area contributed by atoms with Crippen molar-refractivity contribution in [2.45, 2.75) is 56.8 Å². The molecule has 1 heterocycles. The van der Waals surface area contributed by atoms with E-state index >= 15 is 0 Å². The van der Waals surface area contributed by atoms with Crippen molar-refractivity contribution in [3.05, 3.63) is 34.4 Å². The van der Waals surface area contributed by atoms with Gasteiger partial charge in [-0.2, -0.15) is 4.31 Å². The van der Waals surface area contributed by atoms with Crippen molar-refractivity contribution in [2.75, 3.05) is 26.2 Å². The third-order valence-electron chi connectivity index (χ3n) is 5.02. The van der Waals surface area contributed by atoms with E-state index in [4.69, 9.17) is 0 Å². The van der Waals surface area contributed by atoms with Crippen LogP contribution in [0, 0.1) is 10.1 Å². The number of nitro benzene ring substituents is 1. The molecule has 1 fully saturated rings. The minimum atomic E-state index is -3.96. The summed E-state index contributed by atoms with van der Waals surface area (Å²) in [6, 6.07) is 5.35. The fraction of sp³-hybridized carbons (Fsp3) is 0.632. The van der Waals surface area contributed by atoms with Crippen molar-refractivity contribution >= 4 is 21.6 Å². The van der Waals surface area contributed by atoms with Crippen LogP contribution in [-0.4, -0.2) is 54.6 Å². The summed E-state index contributed by atoms with van der Waals surface area (Å²) in [6.07, 6.45) is 7.15. The van der Waals surface area contributed by atoms with Gasteiger partial charge in [0.2, 0.25) is 15.9 Å². The maximum Gasteiger partial charge on any atom is 0.289 e. The summed E-state index contributed by atoms with van der Waals surface area (Å²) in [5.41, 5.74) is -0.427. The molecule has 0 aromatic heterocycles. The lowest BCUT2D eigenvalue weighted by molar-refractivity contribution is -0.387. The zero-order valence-corrected chi connectivity index (χ0v) is 17.2. The third kappa shape index (κ3) is 5.75. The Labute approximate surface area is 166 Å². The van der Waals surface area contributed by atoms with Gasteiger partial charge in [-0.15, -0.1) is 0 Å². The van der Waals surface area contributed by atoms with Crippen LogP contribution in [0.4, 0.5) is 5.69 Å². The number of unbranched alkanes of at least 4 members (excludes halogenated alkanes) is 5. The number of rotatable bonds is 10. The Morgan fingerprint density at radius 2 is 1.64 bits per heavy atom. The number of nitrogens with zero attached hydrogens (tertiary/aromatic N) is 3. The van der Waals surface area contributed by atoms with Gasteiger partial charge in [0, 0.05) is 38.7 Å². The number of nitro groups is 1. The van der Waals surface area contributed by atoms with Gasteiger partial charge in [-0.1, -0.05) is 51.2 Å². The number of benzene rings is 1. The van der Waals surface area contributed by atoms with E-state index in [1.807, 2.05) is 0 Å². The minimum absolute atomic E-state index is 0.0539. The first-order valence-electron chi connectivity index (χ1n) is 9.89. The first kappa shape index (κ1) is 22.3. The molecule has 9 heteroatoms. The summed E-state index contributed by atoms with van der Waals surface area (Å²) in [7, 11) is -3.96. The van der Waals surface area contributed by atoms with E-state index in [1.165, 1.54) is 47.8 Å². The Balaban J connectivity index is 1.88. The average molecular weight is 412 g/mol. The number of hydrogen-bond donors (Lipinski definition) is 0. The Kier molecular flexibility index (Phi) is 8.37. The van der Waals surface area contributed by atoms with Crippen molar-refractivity contribution < 1.29 is 18.1 Å². The normalized spacial score (nSPS) is 15.5. The van der Waals surface area contributed by atoms with E-state index in [0.29, 0.717) is 19.5 Å². The quantitative estimate of drug-likeness (QED) is 0.334. The lowest BCUT2D eigenvalue weighted by Gasteiger charge is -2.34. The zero-order chi connectivity index (χ0) is 20.6. The van der Waals surface area contributed by atoms with Gasteiger partial charge in [0.15, 0.2) is 4.90 Å². The van der Waals surface area contributed by atoms with Gasteiger partial charge < -0.3 is 4.90 Å². The highest BCUT2D eigenvalue weighted by Crippen LogP contribution is 2.27. The van der Waals surface area contributed by atoms with E-state index in [1.54, 1.807) is 4.90 Å². The molecule has 0 saturated carbocycles. The van der Waals surface area contributed by atoms with Crippen molar-refractivity contribution in [1.29, 1.82) is 0 Å². The highest BCUT2D eigenvalue weighted by atomic mass is 32.2. The second kappa shape index (κ2) is 10.5. The van der Waals surface area contributed by atoms with Crippen LogP contribution in [-0.2, 0) is 14.8 Å². The highest BCUT2D eigenvalue weighted by molar-refractivity contribution is 7.89. The second-order valence-corrected chi connectivity index (χ2v) is 8.93. The van der Waals surface area contributed by atoms with Gasteiger partial charge in [-0.3, -0.25) is 14.9 Å². The maximum atomic E-state index is 12.8. The molecule has 1 aliphatic rings. The van der Waals surface area contributed by atoms with Crippen LogP contribution >= 0.6 is 0 Å². The minimum Gasteiger partial charge on any atom is -0.340 e. The van der Waals surface area contributed by atoms with Crippen molar-refractivity contribution in [3.63, 3.8) is 0 Å². The Morgan fingerprint density at radius 1 is 1.04 bits per heavy atom. The zero-order valence-electron chi connectivity index (χ0n) is 16.4. The molecule has 1 amide bonds. The van der Waals surface area contributed by atoms with Crippen LogP contribution in [0.5, 0.6) is 0 Å². The molecule has 0 atom stereocenters. The Hall–Kier alpha value is -2.00. The molecule has 0 unspecified atom stereocenters. The summed E-state index contributed by atoms with van der Waals surface area (Å²) >= 11 is 0. The van der Waals surface area contributed by atoms with Crippen molar-refractivity contribution in [2.24, 2.45) is 0 Å². The van der Waals surface area contributed by atoms with Gasteiger partial charge in [-0.05, 0) is 12.5 Å². The number of sulfonamides is 1. The van der Waals surface area contributed by atoms with Crippen LogP contribution in [0.1, 0.15) is 51.9 Å². The molecule has 1 aromatic carbocycles.